The summed E-state index contributed by atoms with van der Waals surface area (Å²) in [6.07, 6.45) is 0. The Morgan fingerprint density at radius 3 is 1.53 bits per heavy atom. The van der Waals surface area contributed by atoms with Crippen molar-refractivity contribution >= 4 is 98.3 Å². The normalized spacial score (nSPS) is 20.8. The largest absolute Gasteiger partial charge is 0.377 e. The van der Waals surface area contributed by atoms with Gasteiger partial charge in [0.2, 0.25) is 65.0 Å². The minimum Gasteiger partial charge on any atom is -0.377 e. The Labute approximate surface area is 367 Å². The van der Waals surface area contributed by atoms with Gasteiger partial charge in [0.05, 0.1) is 78.1 Å². The van der Waals surface area contributed by atoms with Crippen LogP contribution >= 0.6 is 33.3 Å². The number of amides is 11. The van der Waals surface area contributed by atoms with Crippen LogP contribution in [0.4, 0.5) is 0 Å². The van der Waals surface area contributed by atoms with Crippen molar-refractivity contribution in [1.82, 2.24) is 53.2 Å². The van der Waals surface area contributed by atoms with E-state index in [0.29, 0.717) is 0 Å². The van der Waals surface area contributed by atoms with E-state index in [2.05, 4.69) is 53.2 Å². The van der Waals surface area contributed by atoms with Crippen LogP contribution in [0.3, 0.4) is 0 Å². The summed E-state index contributed by atoms with van der Waals surface area (Å²) >= 11 is 0.963. The van der Waals surface area contributed by atoms with Gasteiger partial charge in [-0.05, 0) is 0 Å². The van der Waals surface area contributed by atoms with Crippen molar-refractivity contribution < 1.29 is 71.7 Å². The van der Waals surface area contributed by atoms with Crippen LogP contribution in [0.15, 0.2) is 0 Å². The molecule has 2 saturated heterocycles. The minimum absolute atomic E-state index is 0.0357. The van der Waals surface area contributed by atoms with Gasteiger partial charge in [-0.2, -0.15) is 0 Å². The summed E-state index contributed by atoms with van der Waals surface area (Å²) in [4.78, 5) is 137. The second kappa shape index (κ2) is 31.8. The Kier molecular flexibility index (Phi) is 27.3. The lowest BCUT2D eigenvalue weighted by Gasteiger charge is -2.21. The molecule has 2 fully saturated rings. The summed E-state index contributed by atoms with van der Waals surface area (Å²) in [5, 5.41) is 24.4. The average Bonchev–Trinajstić information content (AvgIpc) is 3.23. The Balaban J connectivity index is 1.92. The number of rotatable bonds is 17. The minimum atomic E-state index is -1.24. The molecule has 26 nitrogen and oxygen atoms in total. The maximum absolute atomic E-state index is 13.2. The van der Waals surface area contributed by atoms with Gasteiger partial charge in [0, 0.05) is 30.3 Å². The molecular weight excluding hydrogens is 887 g/mol. The highest BCUT2D eigenvalue weighted by molar-refractivity contribution is 8.76. The lowest BCUT2D eigenvalue weighted by molar-refractivity contribution is -0.131. The summed E-state index contributed by atoms with van der Waals surface area (Å²) in [7, 11) is 2.09. The van der Waals surface area contributed by atoms with E-state index in [4.69, 9.17) is 24.7 Å². The fourth-order valence-electron chi connectivity index (χ4n) is 4.55. The number of thioether (sulfide) groups is 1. The Hall–Kier alpha value is -4.94. The van der Waals surface area contributed by atoms with Gasteiger partial charge in [0.1, 0.15) is 31.3 Å². The monoisotopic (exact) mass is 939 g/mol. The first-order chi connectivity index (χ1) is 29.7. The molecule has 12 N–H and O–H groups in total. The van der Waals surface area contributed by atoms with Gasteiger partial charge in [-0.25, -0.2) is 0 Å². The first-order valence-electron chi connectivity index (χ1n) is 18.9. The van der Waals surface area contributed by atoms with Gasteiger partial charge < -0.3 is 77.8 Å². The molecule has 2 aliphatic heterocycles. The molecule has 2 heterocycles. The third-order valence-corrected chi connectivity index (χ3v) is 11.0. The van der Waals surface area contributed by atoms with Crippen LogP contribution in [-0.2, 0) is 71.7 Å². The van der Waals surface area contributed by atoms with Crippen LogP contribution in [0.5, 0.6) is 0 Å². The average molecular weight is 940 g/mol. The van der Waals surface area contributed by atoms with Gasteiger partial charge in [0.15, 0.2) is 0 Å². The summed E-state index contributed by atoms with van der Waals surface area (Å²) < 4.78 is 21.0. The lowest BCUT2D eigenvalue weighted by atomic mass is 10.3. The molecule has 0 saturated carbocycles. The third kappa shape index (κ3) is 25.7. The highest BCUT2D eigenvalue weighted by Gasteiger charge is 2.27. The molecule has 11 amide bonds. The predicted octanol–water partition coefficient (Wildman–Crippen LogP) is -8.05. The number of hydrogen-bond acceptors (Lipinski definition) is 18. The van der Waals surface area contributed by atoms with E-state index in [1.54, 1.807) is 0 Å². The van der Waals surface area contributed by atoms with E-state index in [0.717, 1.165) is 33.3 Å². The zero-order chi connectivity index (χ0) is 45.5. The van der Waals surface area contributed by atoms with Crippen molar-refractivity contribution in [2.75, 3.05) is 122 Å². The van der Waals surface area contributed by atoms with Crippen molar-refractivity contribution in [2.45, 2.75) is 18.1 Å². The topological polar surface area (TPSA) is 371 Å². The van der Waals surface area contributed by atoms with E-state index in [1.807, 2.05) is 0 Å². The van der Waals surface area contributed by atoms with E-state index >= 15 is 0 Å². The molecule has 348 valence electrons. The summed E-state index contributed by atoms with van der Waals surface area (Å²) in [5.74, 6) is -8.09. The highest BCUT2D eigenvalue weighted by Crippen LogP contribution is 2.23. The molecule has 0 unspecified atom stereocenters. The van der Waals surface area contributed by atoms with Crippen molar-refractivity contribution in [2.24, 2.45) is 5.73 Å². The number of carbonyl (C=O) groups excluding carboxylic acids is 11. The zero-order valence-electron chi connectivity index (χ0n) is 33.6. The van der Waals surface area contributed by atoms with E-state index in [9.17, 15) is 52.7 Å². The van der Waals surface area contributed by atoms with Crippen LogP contribution < -0.4 is 58.9 Å². The van der Waals surface area contributed by atoms with Gasteiger partial charge in [-0.1, -0.05) is 21.6 Å². The number of primary amides is 1. The number of ether oxygens (including phenoxy) is 4. The van der Waals surface area contributed by atoms with Gasteiger partial charge in [-0.15, -0.1) is 11.8 Å². The van der Waals surface area contributed by atoms with E-state index in [1.165, 1.54) is 0 Å². The fraction of sp³-hybridized carbons (Fsp3) is 0.667. The van der Waals surface area contributed by atoms with E-state index in [-0.39, 0.29) is 89.0 Å². The van der Waals surface area contributed by atoms with Crippen LogP contribution in [0.2, 0.25) is 0 Å². The predicted molar refractivity (Wildman–Crippen MR) is 222 cm³/mol. The van der Waals surface area contributed by atoms with Crippen molar-refractivity contribution in [3.05, 3.63) is 0 Å². The Morgan fingerprint density at radius 1 is 0.532 bits per heavy atom. The number of nitrogens with one attached hydrogen (secondary N) is 10. The van der Waals surface area contributed by atoms with Gasteiger partial charge in [0.25, 0.3) is 0 Å². The first-order valence-corrected chi connectivity index (χ1v) is 22.6. The maximum atomic E-state index is 13.2. The molecule has 29 heteroatoms. The van der Waals surface area contributed by atoms with Crippen LogP contribution in [-0.4, -0.2) is 205 Å². The van der Waals surface area contributed by atoms with Gasteiger partial charge in [-0.3, -0.25) is 52.7 Å². The zero-order valence-corrected chi connectivity index (χ0v) is 36.0. The molecule has 0 aromatic rings. The van der Waals surface area contributed by atoms with Crippen LogP contribution in [0, 0.1) is 0 Å². The van der Waals surface area contributed by atoms with Crippen LogP contribution in [0.25, 0.3) is 0 Å². The molecule has 3 atom stereocenters. The fourth-order valence-corrected chi connectivity index (χ4v) is 7.75. The second-order valence-electron chi connectivity index (χ2n) is 12.6. The molecule has 0 radical (unpaired) electrons. The lowest BCUT2D eigenvalue weighted by Crippen LogP contribution is -2.54. The summed E-state index contributed by atoms with van der Waals surface area (Å²) in [5.41, 5.74) is 4.92. The smallest absolute Gasteiger partial charge is 0.246 e. The van der Waals surface area contributed by atoms with Crippen molar-refractivity contribution in [3.63, 3.8) is 0 Å². The summed E-state index contributed by atoms with van der Waals surface area (Å²) in [6, 6.07) is -3.64. The molecular formula is C33H53N11O15S3. The molecule has 2 bridgehead atoms. The number of fused-ring (bicyclic) bond motifs is 5. The summed E-state index contributed by atoms with van der Waals surface area (Å²) in [6.45, 7) is -1.96. The van der Waals surface area contributed by atoms with Gasteiger partial charge >= 0.3 is 0 Å². The number of hydrogen-bond donors (Lipinski definition) is 11. The molecule has 0 aromatic heterocycles. The Morgan fingerprint density at radius 2 is 0.984 bits per heavy atom. The number of carbonyl (C=O) groups is 11. The third-order valence-electron chi connectivity index (χ3n) is 7.55. The first kappa shape index (κ1) is 53.2. The van der Waals surface area contributed by atoms with Crippen molar-refractivity contribution in [3.8, 4) is 0 Å². The maximum Gasteiger partial charge on any atom is 0.246 e. The molecule has 62 heavy (non-hydrogen) atoms. The molecule has 0 spiro atoms. The second-order valence-corrected chi connectivity index (χ2v) is 16.2. The SMILES string of the molecule is NC(=O)COCC(=O)NCCOCCOCCOCCNC(=O)[C@@H]1CSCC(=O)NCC(=O)N[C@H]2CSSC[C@H](NC(=O)CNC(=O)CNC(=O)CNC2=O)C(=O)NCC(=O)N1. The molecule has 0 aliphatic carbocycles. The van der Waals surface area contributed by atoms with E-state index < -0.39 is 116 Å². The van der Waals surface area contributed by atoms with Crippen molar-refractivity contribution in [1.29, 1.82) is 0 Å². The standard InChI is InChI=1S/C33H53N11O15S3/c34-23(45)14-59-15-29(51)35-1-3-56-5-7-58-8-6-57-4-2-36-31(53)20-16-60-19-30(52)39-12-27(49)44-21-17-61-62-18-22(33(55)41-13-28(50)42-20)43-26(48)11-38-24(46)9-37-25(47)10-40-32(21)54/h20-22H,1-19H2,(H2,34,45)(H,35,51)(H,36,53)(H,37,47)(H,38,46)(H,39,52)(H,40,54)(H,41,55)(H,42,50)(H,43,48)(H,44,49)/t20-,21-,22-/m0/s1. The quantitative estimate of drug-likeness (QED) is 0.0476. The highest BCUT2D eigenvalue weighted by atomic mass is 33.1. The molecule has 2 rings (SSSR count). The number of nitrogens with two attached hydrogens (primary N) is 1. The Bertz CT molecular complexity index is 1570. The molecule has 0 aromatic carbocycles. The van der Waals surface area contributed by atoms with Crippen LogP contribution in [0.1, 0.15) is 0 Å². The molecule has 2 aliphatic rings.